The Hall–Kier alpha value is -2.06. The zero-order valence-corrected chi connectivity index (χ0v) is 11.7. The second kappa shape index (κ2) is 6.03. The highest BCUT2D eigenvalue weighted by atomic mass is 28.3. The summed E-state index contributed by atoms with van der Waals surface area (Å²) in [4.78, 5) is 22.9. The lowest BCUT2D eigenvalue weighted by Gasteiger charge is -2.05. The van der Waals surface area contributed by atoms with Crippen molar-refractivity contribution < 1.29 is 9.59 Å². The summed E-state index contributed by atoms with van der Waals surface area (Å²) in [5.41, 5.74) is 7.97. The molecular weight excluding hydrogens is 244 g/mol. The lowest BCUT2D eigenvalue weighted by Crippen LogP contribution is -2.41. The highest BCUT2D eigenvalue weighted by molar-refractivity contribution is 6.84. The Morgan fingerprint density at radius 2 is 1.67 bits per heavy atom. The Labute approximate surface area is 108 Å². The molecule has 0 aliphatic rings. The van der Waals surface area contributed by atoms with Crippen LogP contribution in [-0.4, -0.2) is 19.9 Å². The molecule has 0 radical (unpaired) electrons. The van der Waals surface area contributed by atoms with E-state index in [1.165, 1.54) is 0 Å². The van der Waals surface area contributed by atoms with Crippen molar-refractivity contribution >= 4 is 19.9 Å². The minimum absolute atomic E-state index is 0.362. The molecule has 1 aromatic rings. The predicted octanol–water partition coefficient (Wildman–Crippen LogP) is 1.33. The molecule has 1 aromatic carbocycles. The van der Waals surface area contributed by atoms with Crippen molar-refractivity contribution in [2.45, 2.75) is 19.6 Å². The fourth-order valence-corrected chi connectivity index (χ4v) is 1.54. The number of nitrogens with one attached hydrogen (secondary N) is 2. The fraction of sp³-hybridized carbons (Fsp3) is 0.231. The summed E-state index contributed by atoms with van der Waals surface area (Å²) in [6, 6.07) is 8.64. The first kappa shape index (κ1) is 14.0. The fourth-order valence-electron chi connectivity index (χ4n) is 1.05. The van der Waals surface area contributed by atoms with E-state index < -0.39 is 14.0 Å². The van der Waals surface area contributed by atoms with Gasteiger partial charge in [-0.15, -0.1) is 5.54 Å². The average molecular weight is 260 g/mol. The van der Waals surface area contributed by atoms with Crippen molar-refractivity contribution in [2.24, 2.45) is 0 Å². The van der Waals surface area contributed by atoms with E-state index >= 15 is 0 Å². The average Bonchev–Trinajstić information content (AvgIpc) is 2.33. The summed E-state index contributed by atoms with van der Waals surface area (Å²) in [6.07, 6.45) is 0. The van der Waals surface area contributed by atoms with Crippen molar-refractivity contribution in [3.05, 3.63) is 35.9 Å². The summed E-state index contributed by atoms with van der Waals surface area (Å²) in [6.45, 7) is 6.11. The maximum atomic E-state index is 11.6. The van der Waals surface area contributed by atoms with E-state index in [0.29, 0.717) is 5.56 Å². The van der Waals surface area contributed by atoms with Crippen LogP contribution in [0, 0.1) is 11.5 Å². The quantitative estimate of drug-likeness (QED) is 0.454. The molecule has 0 unspecified atom stereocenters. The van der Waals surface area contributed by atoms with Gasteiger partial charge in [0.2, 0.25) is 0 Å². The van der Waals surface area contributed by atoms with Gasteiger partial charge in [0.15, 0.2) is 0 Å². The predicted molar refractivity (Wildman–Crippen MR) is 73.2 cm³/mol. The van der Waals surface area contributed by atoms with E-state index in [4.69, 9.17) is 0 Å². The molecular formula is C13H16N2O2Si. The zero-order valence-electron chi connectivity index (χ0n) is 10.7. The standard InChI is InChI=1S/C13H16N2O2Si/c1-18(2,3)10-9-12(16)14-15-13(17)11-7-5-4-6-8-11/h4-8H,1-3H3,(H,14,16)(H,15,17). The number of benzene rings is 1. The van der Waals surface area contributed by atoms with Gasteiger partial charge in [-0.2, -0.15) is 0 Å². The van der Waals surface area contributed by atoms with Gasteiger partial charge in [-0.05, 0) is 18.1 Å². The van der Waals surface area contributed by atoms with Gasteiger partial charge in [-0.3, -0.25) is 20.4 Å². The van der Waals surface area contributed by atoms with E-state index in [-0.39, 0.29) is 5.91 Å². The summed E-state index contributed by atoms with van der Waals surface area (Å²) < 4.78 is 0. The highest BCUT2D eigenvalue weighted by Crippen LogP contribution is 1.97. The van der Waals surface area contributed by atoms with E-state index in [1.54, 1.807) is 24.3 Å². The Bertz CT molecular complexity index is 495. The molecule has 0 saturated heterocycles. The summed E-state index contributed by atoms with van der Waals surface area (Å²) in [5.74, 6) is 1.62. The molecule has 0 saturated carbocycles. The van der Waals surface area contributed by atoms with Crippen LogP contribution in [0.1, 0.15) is 10.4 Å². The molecule has 0 atom stereocenters. The molecule has 94 valence electrons. The normalized spacial score (nSPS) is 9.94. The summed E-state index contributed by atoms with van der Waals surface area (Å²) in [7, 11) is -1.57. The van der Waals surface area contributed by atoms with Crippen molar-refractivity contribution in [1.29, 1.82) is 0 Å². The molecule has 18 heavy (non-hydrogen) atoms. The number of hydrogen-bond donors (Lipinski definition) is 2. The van der Waals surface area contributed by atoms with Crippen LogP contribution < -0.4 is 10.9 Å². The Kier molecular flexibility index (Phi) is 4.69. The monoisotopic (exact) mass is 260 g/mol. The van der Waals surface area contributed by atoms with Crippen molar-refractivity contribution in [3.63, 3.8) is 0 Å². The molecule has 2 N–H and O–H groups in total. The van der Waals surface area contributed by atoms with Gasteiger partial charge >= 0.3 is 5.91 Å². The molecule has 1 rings (SSSR count). The number of carbonyl (C=O) groups is 2. The number of rotatable bonds is 1. The highest BCUT2D eigenvalue weighted by Gasteiger charge is 2.09. The molecule has 0 bridgehead atoms. The number of amides is 2. The molecule has 2 amide bonds. The molecule has 0 spiro atoms. The topological polar surface area (TPSA) is 58.2 Å². The van der Waals surface area contributed by atoms with Crippen molar-refractivity contribution in [2.75, 3.05) is 0 Å². The van der Waals surface area contributed by atoms with Crippen molar-refractivity contribution in [1.82, 2.24) is 10.9 Å². The largest absolute Gasteiger partial charge is 0.313 e. The van der Waals surface area contributed by atoms with Crippen LogP contribution in [0.15, 0.2) is 30.3 Å². The maximum Gasteiger partial charge on any atom is 0.313 e. The number of carbonyl (C=O) groups excluding carboxylic acids is 2. The molecule has 0 heterocycles. The zero-order chi connectivity index (χ0) is 13.6. The van der Waals surface area contributed by atoms with E-state index in [2.05, 4.69) is 22.3 Å². The van der Waals surface area contributed by atoms with Gasteiger partial charge in [-0.1, -0.05) is 37.8 Å². The van der Waals surface area contributed by atoms with Crippen LogP contribution in [0.25, 0.3) is 0 Å². The van der Waals surface area contributed by atoms with Gasteiger partial charge in [0, 0.05) is 5.56 Å². The first-order valence-corrected chi connectivity index (χ1v) is 9.07. The second-order valence-corrected chi connectivity index (χ2v) is 9.52. The smallest absolute Gasteiger partial charge is 0.267 e. The van der Waals surface area contributed by atoms with Crippen LogP contribution in [0.4, 0.5) is 0 Å². The minimum atomic E-state index is -1.57. The van der Waals surface area contributed by atoms with E-state index in [1.807, 2.05) is 25.7 Å². The van der Waals surface area contributed by atoms with Gasteiger partial charge in [0.25, 0.3) is 5.91 Å². The molecule has 5 heteroatoms. The van der Waals surface area contributed by atoms with E-state index in [9.17, 15) is 9.59 Å². The Balaban J connectivity index is 2.49. The van der Waals surface area contributed by atoms with Gasteiger partial charge in [0.05, 0.1) is 0 Å². The summed E-state index contributed by atoms with van der Waals surface area (Å²) >= 11 is 0. The molecule has 4 nitrogen and oxygen atoms in total. The molecule has 0 aliphatic heterocycles. The number of hydrazine groups is 1. The number of hydrogen-bond acceptors (Lipinski definition) is 2. The first-order valence-electron chi connectivity index (χ1n) is 5.57. The Morgan fingerprint density at radius 3 is 2.22 bits per heavy atom. The molecule has 0 aromatic heterocycles. The van der Waals surface area contributed by atoms with E-state index in [0.717, 1.165) is 0 Å². The van der Waals surface area contributed by atoms with Crippen LogP contribution in [0.2, 0.25) is 19.6 Å². The minimum Gasteiger partial charge on any atom is -0.267 e. The van der Waals surface area contributed by atoms with Gasteiger partial charge < -0.3 is 0 Å². The first-order chi connectivity index (χ1) is 8.38. The van der Waals surface area contributed by atoms with Crippen molar-refractivity contribution in [3.8, 4) is 11.5 Å². The van der Waals surface area contributed by atoms with Gasteiger partial charge in [0.1, 0.15) is 8.07 Å². The lowest BCUT2D eigenvalue weighted by atomic mass is 10.2. The van der Waals surface area contributed by atoms with Crippen LogP contribution >= 0.6 is 0 Å². The summed E-state index contributed by atoms with van der Waals surface area (Å²) in [5, 5.41) is 0. The lowest BCUT2D eigenvalue weighted by molar-refractivity contribution is -0.116. The molecule has 0 fully saturated rings. The third kappa shape index (κ3) is 5.32. The maximum absolute atomic E-state index is 11.6. The molecule has 0 aliphatic carbocycles. The SMILES string of the molecule is C[Si](C)(C)C#CC(=O)NNC(=O)c1ccccc1. The third-order valence-electron chi connectivity index (χ3n) is 1.88. The van der Waals surface area contributed by atoms with Crippen LogP contribution in [-0.2, 0) is 4.79 Å². The van der Waals surface area contributed by atoms with Crippen LogP contribution in [0.3, 0.4) is 0 Å². The van der Waals surface area contributed by atoms with Gasteiger partial charge in [-0.25, -0.2) is 0 Å². The van der Waals surface area contributed by atoms with Crippen LogP contribution in [0.5, 0.6) is 0 Å². The Morgan fingerprint density at radius 1 is 1.06 bits per heavy atom. The second-order valence-electron chi connectivity index (χ2n) is 4.77. The third-order valence-corrected chi connectivity index (χ3v) is 2.75.